The van der Waals surface area contributed by atoms with Crippen molar-refractivity contribution in [2.24, 2.45) is 4.99 Å². The van der Waals surface area contributed by atoms with Gasteiger partial charge in [-0.1, -0.05) is 0 Å². The van der Waals surface area contributed by atoms with Crippen LogP contribution in [0, 0.1) is 6.92 Å². The first-order chi connectivity index (χ1) is 11.6. The molecule has 0 saturated heterocycles. The predicted molar refractivity (Wildman–Crippen MR) is 79.6 cm³/mol. The highest BCUT2D eigenvalue weighted by Crippen LogP contribution is 2.47. The van der Waals surface area contributed by atoms with Crippen molar-refractivity contribution in [1.82, 2.24) is 9.88 Å². The zero-order valence-corrected chi connectivity index (χ0v) is 13.7. The van der Waals surface area contributed by atoms with E-state index in [4.69, 9.17) is 0 Å². The topological polar surface area (TPSA) is 64.9 Å². The fourth-order valence-electron chi connectivity index (χ4n) is 2.07. The van der Waals surface area contributed by atoms with Crippen molar-refractivity contribution >= 4 is 17.4 Å². The second kappa shape index (κ2) is 5.76. The molecular weight excluding hydrogens is 366 g/mol. The lowest BCUT2D eigenvalue weighted by Crippen LogP contribution is -2.52. The van der Waals surface area contributed by atoms with Gasteiger partial charge in [-0.15, -0.1) is 11.3 Å². The van der Waals surface area contributed by atoms with Crippen molar-refractivity contribution in [3.05, 3.63) is 34.1 Å². The van der Waals surface area contributed by atoms with E-state index in [0.29, 0.717) is 0 Å². The van der Waals surface area contributed by atoms with E-state index in [0.717, 1.165) is 17.0 Å². The van der Waals surface area contributed by atoms with E-state index >= 15 is 0 Å². The summed E-state index contributed by atoms with van der Waals surface area (Å²) < 4.78 is 62.6. The first kappa shape index (κ1) is 17.3. The van der Waals surface area contributed by atoms with Crippen molar-refractivity contribution < 1.29 is 31.8 Å². The summed E-state index contributed by atoms with van der Waals surface area (Å²) in [5, 5.41) is 2.33. The minimum atomic E-state index is -4.80. The molecule has 2 heterocycles. The van der Waals surface area contributed by atoms with Gasteiger partial charge < -0.3 is 14.8 Å². The number of halogens is 4. The summed E-state index contributed by atoms with van der Waals surface area (Å²) in [5.74, 6) is -1.06. The van der Waals surface area contributed by atoms with Crippen molar-refractivity contribution in [1.29, 1.82) is 0 Å². The molecule has 1 aromatic heterocycles. The zero-order chi connectivity index (χ0) is 18.4. The van der Waals surface area contributed by atoms with Crippen LogP contribution in [0.4, 0.5) is 22.4 Å². The van der Waals surface area contributed by atoms with Gasteiger partial charge in [0.2, 0.25) is 0 Å². The number of nitrogens with zero attached hydrogens (tertiary/aromatic N) is 2. The van der Waals surface area contributed by atoms with Crippen molar-refractivity contribution in [2.45, 2.75) is 19.1 Å². The van der Waals surface area contributed by atoms with Crippen LogP contribution in [-0.4, -0.2) is 29.9 Å². The standard InChI is InChI=1S/C14H11F4N3O3S/c1-7-6-21(12(25-7)20-11(22)19-2)8-3-4-9-10(5-8)24-14(17,18)13(15,16)23-9/h3-6H,1-2H3,(H,19,22)/b20-12-. The molecular formula is C14H11F4N3O3S. The van der Waals surface area contributed by atoms with Gasteiger partial charge in [0, 0.05) is 24.2 Å². The summed E-state index contributed by atoms with van der Waals surface area (Å²) in [4.78, 5) is 16.3. The van der Waals surface area contributed by atoms with Gasteiger partial charge in [0.05, 0.1) is 5.69 Å². The smallest absolute Gasteiger partial charge is 0.421 e. The lowest BCUT2D eigenvalue weighted by atomic mass is 10.2. The monoisotopic (exact) mass is 377 g/mol. The number of ether oxygens (including phenoxy) is 2. The third-order valence-electron chi connectivity index (χ3n) is 3.20. The van der Waals surface area contributed by atoms with E-state index in [1.54, 1.807) is 13.1 Å². The summed E-state index contributed by atoms with van der Waals surface area (Å²) in [7, 11) is 1.41. The van der Waals surface area contributed by atoms with E-state index in [1.165, 1.54) is 29.0 Å². The van der Waals surface area contributed by atoms with Crippen molar-refractivity contribution in [2.75, 3.05) is 7.05 Å². The largest absolute Gasteiger partial charge is 0.507 e. The summed E-state index contributed by atoms with van der Waals surface area (Å²) in [6, 6.07) is 2.95. The second-order valence-corrected chi connectivity index (χ2v) is 6.24. The Kier molecular flexibility index (Phi) is 3.98. The van der Waals surface area contributed by atoms with E-state index in [2.05, 4.69) is 19.8 Å². The maximum atomic E-state index is 13.3. The Morgan fingerprint density at radius 3 is 2.48 bits per heavy atom. The molecule has 2 amide bonds. The fourth-order valence-corrected chi connectivity index (χ4v) is 2.90. The van der Waals surface area contributed by atoms with Crippen LogP contribution in [0.2, 0.25) is 0 Å². The number of hydrogen-bond donors (Lipinski definition) is 1. The van der Waals surface area contributed by atoms with E-state index in [9.17, 15) is 22.4 Å². The molecule has 0 radical (unpaired) electrons. The number of rotatable bonds is 1. The molecule has 1 aromatic carbocycles. The number of aryl methyl sites for hydroxylation is 1. The number of thiazole rings is 1. The third-order valence-corrected chi connectivity index (χ3v) is 4.10. The van der Waals surface area contributed by atoms with Gasteiger partial charge >= 0.3 is 18.2 Å². The highest BCUT2D eigenvalue weighted by molar-refractivity contribution is 7.09. The highest BCUT2D eigenvalue weighted by atomic mass is 32.1. The maximum Gasteiger partial charge on any atom is 0.507 e. The minimum absolute atomic E-state index is 0.269. The molecule has 2 aromatic rings. The Balaban J connectivity index is 2.08. The van der Waals surface area contributed by atoms with Gasteiger partial charge in [0.25, 0.3) is 0 Å². The van der Waals surface area contributed by atoms with E-state index < -0.39 is 29.7 Å². The number of carbonyl (C=O) groups excluding carboxylic acids is 1. The molecule has 11 heteroatoms. The first-order valence-corrected chi connectivity index (χ1v) is 7.68. The van der Waals surface area contributed by atoms with Crippen LogP contribution in [0.15, 0.2) is 29.4 Å². The molecule has 1 aliphatic rings. The van der Waals surface area contributed by atoms with Gasteiger partial charge in [0.1, 0.15) is 0 Å². The Hall–Kier alpha value is -2.56. The number of nitrogens with one attached hydrogen (secondary N) is 1. The van der Waals surface area contributed by atoms with Crippen LogP contribution in [0.25, 0.3) is 5.69 Å². The molecule has 0 unspecified atom stereocenters. The average molecular weight is 377 g/mol. The fraction of sp³-hybridized carbons (Fsp3) is 0.286. The lowest BCUT2D eigenvalue weighted by Gasteiger charge is -2.31. The molecule has 3 rings (SSSR count). The Bertz CT molecular complexity index is 907. The Morgan fingerprint density at radius 2 is 1.84 bits per heavy atom. The van der Waals surface area contributed by atoms with Crippen LogP contribution < -0.4 is 19.6 Å². The van der Waals surface area contributed by atoms with E-state index in [1.807, 2.05) is 0 Å². The summed E-state index contributed by atoms with van der Waals surface area (Å²) >= 11 is 1.19. The minimum Gasteiger partial charge on any atom is -0.421 e. The number of aromatic nitrogens is 1. The Morgan fingerprint density at radius 1 is 1.20 bits per heavy atom. The van der Waals surface area contributed by atoms with Gasteiger partial charge in [-0.3, -0.25) is 4.57 Å². The number of urea groups is 1. The molecule has 0 atom stereocenters. The lowest BCUT2D eigenvalue weighted by molar-refractivity contribution is -0.391. The number of fused-ring (bicyclic) bond motifs is 1. The molecule has 0 bridgehead atoms. The van der Waals surface area contributed by atoms with Crippen LogP contribution >= 0.6 is 11.3 Å². The molecule has 6 nitrogen and oxygen atoms in total. The molecule has 25 heavy (non-hydrogen) atoms. The second-order valence-electron chi connectivity index (χ2n) is 5.03. The number of carbonyl (C=O) groups is 1. The molecule has 0 spiro atoms. The van der Waals surface area contributed by atoms with E-state index in [-0.39, 0.29) is 10.5 Å². The Labute approximate surface area is 142 Å². The average Bonchev–Trinajstić information content (AvgIpc) is 2.87. The number of amides is 2. The quantitative estimate of drug-likeness (QED) is 0.777. The normalized spacial score (nSPS) is 18.1. The molecule has 134 valence electrons. The van der Waals surface area contributed by atoms with Crippen LogP contribution in [0.3, 0.4) is 0 Å². The number of benzene rings is 1. The maximum absolute atomic E-state index is 13.3. The summed E-state index contributed by atoms with van der Waals surface area (Å²) in [5.41, 5.74) is 0.287. The molecule has 0 fully saturated rings. The van der Waals surface area contributed by atoms with Crippen LogP contribution in [-0.2, 0) is 0 Å². The highest BCUT2D eigenvalue weighted by Gasteiger charge is 2.65. The van der Waals surface area contributed by atoms with Gasteiger partial charge in [-0.05, 0) is 19.1 Å². The first-order valence-electron chi connectivity index (χ1n) is 6.86. The number of hydrogen-bond acceptors (Lipinski definition) is 4. The summed E-state index contributed by atoms with van der Waals surface area (Å²) in [6.07, 6.45) is -7.96. The number of alkyl halides is 4. The molecule has 1 aliphatic heterocycles. The van der Waals surface area contributed by atoms with Crippen LogP contribution in [0.5, 0.6) is 11.5 Å². The molecule has 0 saturated carbocycles. The van der Waals surface area contributed by atoms with Crippen molar-refractivity contribution in [3.63, 3.8) is 0 Å². The van der Waals surface area contributed by atoms with Gasteiger partial charge in [-0.25, -0.2) is 4.79 Å². The van der Waals surface area contributed by atoms with Crippen molar-refractivity contribution in [3.8, 4) is 17.2 Å². The van der Waals surface area contributed by atoms with Gasteiger partial charge in [0.15, 0.2) is 16.3 Å². The zero-order valence-electron chi connectivity index (χ0n) is 12.8. The predicted octanol–water partition coefficient (Wildman–Crippen LogP) is 3.04. The molecule has 0 aliphatic carbocycles. The molecule has 1 N–H and O–H groups in total. The SMILES string of the molecule is CNC(=O)/N=c1\sc(C)cn1-c1ccc2c(c1)OC(F)(F)C(F)(F)O2. The van der Waals surface area contributed by atoms with Crippen LogP contribution in [0.1, 0.15) is 4.88 Å². The van der Waals surface area contributed by atoms with Gasteiger partial charge in [-0.2, -0.15) is 22.6 Å². The summed E-state index contributed by atoms with van der Waals surface area (Å²) in [6.45, 7) is 1.76. The third kappa shape index (κ3) is 3.06.